The number of carbonyl (C=O) groups is 2. The number of ether oxygens (including phenoxy) is 1. The van der Waals surface area contributed by atoms with Gasteiger partial charge in [-0.15, -0.1) is 0 Å². The Hall–Kier alpha value is -1.59. The first kappa shape index (κ1) is 16.8. The molecule has 5 nitrogen and oxygen atoms in total. The predicted molar refractivity (Wildman–Crippen MR) is 84.6 cm³/mol. The summed E-state index contributed by atoms with van der Waals surface area (Å²) in [6.45, 7) is 2.72. The van der Waals surface area contributed by atoms with E-state index in [-0.39, 0.29) is 30.4 Å². The summed E-state index contributed by atoms with van der Waals surface area (Å²) < 4.78 is 5.47. The number of hydrogen-bond donors (Lipinski definition) is 2. The van der Waals surface area contributed by atoms with E-state index >= 15 is 0 Å². The predicted octanol–water partition coefficient (Wildman–Crippen LogP) is 2.20. The van der Waals surface area contributed by atoms with Crippen molar-refractivity contribution in [3.63, 3.8) is 0 Å². The summed E-state index contributed by atoms with van der Waals surface area (Å²) in [4.78, 5) is 23.4. The lowest BCUT2D eigenvalue weighted by Crippen LogP contribution is -2.36. The molecule has 1 fully saturated rings. The molecule has 0 radical (unpaired) electrons. The minimum Gasteiger partial charge on any atom is -0.376 e. The van der Waals surface area contributed by atoms with Crippen LogP contribution in [0.1, 0.15) is 37.8 Å². The fourth-order valence-electron chi connectivity index (χ4n) is 2.48. The van der Waals surface area contributed by atoms with Gasteiger partial charge in [0.15, 0.2) is 0 Å². The molecule has 22 heavy (non-hydrogen) atoms. The SMILES string of the molecule is CC(=O)N[C@@H](CC(=O)NC[C@@H]1CCCO1)c1ccc(Cl)cc1. The minimum absolute atomic E-state index is 0.107. The fraction of sp³-hybridized carbons (Fsp3) is 0.500. The van der Waals surface area contributed by atoms with Gasteiger partial charge in [0, 0.05) is 25.1 Å². The van der Waals surface area contributed by atoms with E-state index in [1.54, 1.807) is 12.1 Å². The molecule has 2 atom stereocenters. The van der Waals surface area contributed by atoms with Crippen LogP contribution in [0.2, 0.25) is 5.02 Å². The molecule has 1 aromatic rings. The Morgan fingerprint density at radius 2 is 2.09 bits per heavy atom. The average molecular weight is 325 g/mol. The normalized spacial score (nSPS) is 18.7. The number of carbonyl (C=O) groups excluding carboxylic acids is 2. The first-order chi connectivity index (χ1) is 10.5. The third-order valence-electron chi connectivity index (χ3n) is 3.59. The van der Waals surface area contributed by atoms with Crippen LogP contribution in [0.25, 0.3) is 0 Å². The summed E-state index contributed by atoms with van der Waals surface area (Å²) in [7, 11) is 0. The van der Waals surface area contributed by atoms with Crippen molar-refractivity contribution >= 4 is 23.4 Å². The van der Waals surface area contributed by atoms with Crippen molar-refractivity contribution in [1.82, 2.24) is 10.6 Å². The highest BCUT2D eigenvalue weighted by molar-refractivity contribution is 6.30. The first-order valence-corrected chi connectivity index (χ1v) is 7.83. The Kier molecular flexibility index (Phi) is 6.21. The van der Waals surface area contributed by atoms with Crippen LogP contribution >= 0.6 is 11.6 Å². The molecular formula is C16H21ClN2O3. The van der Waals surface area contributed by atoms with Crippen molar-refractivity contribution in [2.75, 3.05) is 13.2 Å². The molecule has 2 N–H and O–H groups in total. The highest BCUT2D eigenvalue weighted by Gasteiger charge is 2.19. The molecule has 1 saturated heterocycles. The van der Waals surface area contributed by atoms with Crippen LogP contribution in [-0.4, -0.2) is 31.1 Å². The summed E-state index contributed by atoms with van der Waals surface area (Å²) >= 11 is 5.87. The molecule has 120 valence electrons. The van der Waals surface area contributed by atoms with Gasteiger partial charge in [0.25, 0.3) is 0 Å². The molecule has 1 aliphatic rings. The molecule has 6 heteroatoms. The maximum absolute atomic E-state index is 12.1. The smallest absolute Gasteiger partial charge is 0.222 e. The van der Waals surface area contributed by atoms with E-state index in [1.165, 1.54) is 6.92 Å². The number of halogens is 1. The molecule has 0 saturated carbocycles. The molecule has 0 spiro atoms. The van der Waals surface area contributed by atoms with Gasteiger partial charge in [-0.3, -0.25) is 9.59 Å². The van der Waals surface area contributed by atoms with Crippen molar-refractivity contribution < 1.29 is 14.3 Å². The second-order valence-corrected chi connectivity index (χ2v) is 5.88. The van der Waals surface area contributed by atoms with Gasteiger partial charge in [0.2, 0.25) is 11.8 Å². The Morgan fingerprint density at radius 3 is 2.68 bits per heavy atom. The average Bonchev–Trinajstić information content (AvgIpc) is 2.98. The molecule has 0 aromatic heterocycles. The second kappa shape index (κ2) is 8.15. The summed E-state index contributed by atoms with van der Waals surface area (Å²) in [5.41, 5.74) is 0.854. The third-order valence-corrected chi connectivity index (χ3v) is 3.84. The zero-order valence-corrected chi connectivity index (χ0v) is 13.4. The van der Waals surface area contributed by atoms with Crippen molar-refractivity contribution in [1.29, 1.82) is 0 Å². The minimum atomic E-state index is -0.362. The zero-order valence-electron chi connectivity index (χ0n) is 12.6. The molecule has 1 aliphatic heterocycles. The van der Waals surface area contributed by atoms with Crippen LogP contribution < -0.4 is 10.6 Å². The Balaban J connectivity index is 1.91. The summed E-state index contributed by atoms with van der Waals surface area (Å²) in [6.07, 6.45) is 2.32. The number of hydrogen-bond acceptors (Lipinski definition) is 3. The number of amides is 2. The van der Waals surface area contributed by atoms with E-state index < -0.39 is 0 Å². The summed E-state index contributed by atoms with van der Waals surface area (Å²) in [6, 6.07) is 6.76. The van der Waals surface area contributed by atoms with Crippen molar-refractivity contribution in [2.45, 2.75) is 38.3 Å². The topological polar surface area (TPSA) is 67.4 Å². The molecule has 1 aromatic carbocycles. The van der Waals surface area contributed by atoms with Gasteiger partial charge < -0.3 is 15.4 Å². The van der Waals surface area contributed by atoms with Gasteiger partial charge in [-0.05, 0) is 30.5 Å². The third kappa shape index (κ3) is 5.31. The highest BCUT2D eigenvalue weighted by Crippen LogP contribution is 2.19. The van der Waals surface area contributed by atoms with Crippen molar-refractivity contribution in [3.05, 3.63) is 34.9 Å². The van der Waals surface area contributed by atoms with Crippen molar-refractivity contribution in [3.8, 4) is 0 Å². The molecular weight excluding hydrogens is 304 g/mol. The van der Waals surface area contributed by atoms with Crippen LogP contribution in [0.3, 0.4) is 0 Å². The summed E-state index contributed by atoms with van der Waals surface area (Å²) in [5, 5.41) is 6.29. The molecule has 1 heterocycles. The fourth-order valence-corrected chi connectivity index (χ4v) is 2.61. The van der Waals surface area contributed by atoms with Gasteiger partial charge in [0.1, 0.15) is 0 Å². The zero-order chi connectivity index (χ0) is 15.9. The molecule has 0 unspecified atom stereocenters. The number of benzene rings is 1. The Morgan fingerprint density at radius 1 is 1.36 bits per heavy atom. The van der Waals surface area contributed by atoms with E-state index in [2.05, 4.69) is 10.6 Å². The Bertz CT molecular complexity index is 513. The van der Waals surface area contributed by atoms with Gasteiger partial charge in [-0.2, -0.15) is 0 Å². The molecule has 2 amide bonds. The van der Waals surface area contributed by atoms with E-state index in [9.17, 15) is 9.59 Å². The van der Waals surface area contributed by atoms with Gasteiger partial charge in [-0.1, -0.05) is 23.7 Å². The van der Waals surface area contributed by atoms with E-state index in [1.807, 2.05) is 12.1 Å². The molecule has 2 rings (SSSR count). The second-order valence-electron chi connectivity index (χ2n) is 5.45. The van der Waals surface area contributed by atoms with E-state index in [4.69, 9.17) is 16.3 Å². The maximum atomic E-state index is 12.1. The van der Waals surface area contributed by atoms with Crippen LogP contribution in [-0.2, 0) is 14.3 Å². The van der Waals surface area contributed by atoms with Crippen LogP contribution in [0.15, 0.2) is 24.3 Å². The largest absolute Gasteiger partial charge is 0.376 e. The number of rotatable bonds is 6. The first-order valence-electron chi connectivity index (χ1n) is 7.45. The van der Waals surface area contributed by atoms with E-state index in [0.29, 0.717) is 11.6 Å². The maximum Gasteiger partial charge on any atom is 0.222 e. The van der Waals surface area contributed by atoms with Crippen LogP contribution in [0.5, 0.6) is 0 Å². The highest BCUT2D eigenvalue weighted by atomic mass is 35.5. The van der Waals surface area contributed by atoms with Crippen LogP contribution in [0.4, 0.5) is 0 Å². The van der Waals surface area contributed by atoms with Gasteiger partial charge in [-0.25, -0.2) is 0 Å². The molecule has 0 bridgehead atoms. The molecule has 0 aliphatic carbocycles. The quantitative estimate of drug-likeness (QED) is 0.843. The summed E-state index contributed by atoms with van der Waals surface area (Å²) in [5.74, 6) is -0.281. The monoisotopic (exact) mass is 324 g/mol. The lowest BCUT2D eigenvalue weighted by atomic mass is 10.0. The van der Waals surface area contributed by atoms with Crippen molar-refractivity contribution in [2.24, 2.45) is 0 Å². The lowest BCUT2D eigenvalue weighted by Gasteiger charge is -2.19. The van der Waals surface area contributed by atoms with Crippen LogP contribution in [0, 0.1) is 0 Å². The van der Waals surface area contributed by atoms with E-state index in [0.717, 1.165) is 25.0 Å². The standard InChI is InChI=1S/C16H21ClN2O3/c1-11(20)19-15(12-4-6-13(17)7-5-12)9-16(21)18-10-14-3-2-8-22-14/h4-7,14-15H,2-3,8-10H2,1H3,(H,18,21)(H,19,20)/t14-,15-/m0/s1. The van der Waals surface area contributed by atoms with Gasteiger partial charge in [0.05, 0.1) is 18.6 Å². The van der Waals surface area contributed by atoms with Gasteiger partial charge >= 0.3 is 0 Å². The number of nitrogens with one attached hydrogen (secondary N) is 2. The Labute approximate surface area is 135 Å². The lowest BCUT2D eigenvalue weighted by molar-refractivity contribution is -0.123.